The van der Waals surface area contributed by atoms with Crippen molar-refractivity contribution in [3.05, 3.63) is 53.9 Å². The van der Waals surface area contributed by atoms with Crippen LogP contribution in [-0.4, -0.2) is 33.3 Å². The predicted molar refractivity (Wildman–Crippen MR) is 137 cm³/mol. The highest BCUT2D eigenvalue weighted by Gasteiger charge is 2.31. The summed E-state index contributed by atoms with van der Waals surface area (Å²) in [6, 6.07) is 5.87. The van der Waals surface area contributed by atoms with E-state index < -0.39 is 0 Å². The van der Waals surface area contributed by atoms with Crippen LogP contribution in [0.3, 0.4) is 0 Å². The lowest BCUT2D eigenvalue weighted by Gasteiger charge is -2.17. The third-order valence-corrected chi connectivity index (χ3v) is 9.09. The molecule has 4 rings (SSSR count). The molecule has 1 aromatic heterocycles. The predicted octanol–water partition coefficient (Wildman–Crippen LogP) is 3.83. The monoisotopic (exact) mass is 509 g/mol. The molecule has 31 heavy (non-hydrogen) atoms. The molecule has 1 fully saturated rings. The molecular formula is C21H20ClN3O2S4. The lowest BCUT2D eigenvalue weighted by Crippen LogP contribution is -2.33. The van der Waals surface area contributed by atoms with Crippen LogP contribution < -0.4 is 19.7 Å². The Morgan fingerprint density at radius 1 is 1.16 bits per heavy atom. The third kappa shape index (κ3) is 4.14. The fourth-order valence-electron chi connectivity index (χ4n) is 3.37. The van der Waals surface area contributed by atoms with Gasteiger partial charge in [0.15, 0.2) is 0 Å². The van der Waals surface area contributed by atoms with Gasteiger partial charge in [0.2, 0.25) is 0 Å². The lowest BCUT2D eigenvalue weighted by atomic mass is 10.3. The zero-order valence-electron chi connectivity index (χ0n) is 17.2. The zero-order valence-corrected chi connectivity index (χ0v) is 21.2. The van der Waals surface area contributed by atoms with Crippen molar-refractivity contribution in [1.29, 1.82) is 0 Å². The fraction of sp³-hybridized carbons (Fsp3) is 0.286. The molecule has 2 aromatic rings. The molecule has 0 radical (unpaired) electrons. The van der Waals surface area contributed by atoms with Gasteiger partial charge in [-0.3, -0.25) is 19.1 Å². The van der Waals surface area contributed by atoms with Crippen LogP contribution in [0.2, 0.25) is 5.02 Å². The van der Waals surface area contributed by atoms with E-state index in [1.165, 1.54) is 28.0 Å². The van der Waals surface area contributed by atoms with Gasteiger partial charge >= 0.3 is 0 Å². The van der Waals surface area contributed by atoms with Crippen molar-refractivity contribution in [1.82, 2.24) is 9.47 Å². The number of carbonyl (C=O) groups excluding carboxylic acids is 1. The molecule has 2 aliphatic rings. The summed E-state index contributed by atoms with van der Waals surface area (Å²) in [6.07, 6.45) is 4.63. The van der Waals surface area contributed by atoms with Gasteiger partial charge in [0, 0.05) is 30.1 Å². The standard InChI is InChI=1S/C21H20ClN3O2S4/c1-4-10-25-18(26)15(30-20(25)17-19(27)23(3)21(28)31-17)8-9-16-24(5-2)13-11-12(22)6-7-14(13)29-16/h6-9,11H,4-5,10H2,1-3H3/b15-8+,16-9-,20-17-. The molecule has 0 saturated carbocycles. The Morgan fingerprint density at radius 2 is 1.94 bits per heavy atom. The molecule has 10 heteroatoms. The first kappa shape index (κ1) is 22.7. The number of anilines is 1. The van der Waals surface area contributed by atoms with Gasteiger partial charge in [-0.2, -0.15) is 0 Å². The summed E-state index contributed by atoms with van der Waals surface area (Å²) in [4.78, 5) is 31.1. The lowest BCUT2D eigenvalue weighted by molar-refractivity contribution is -0.119. The Kier molecular flexibility index (Phi) is 6.69. The van der Waals surface area contributed by atoms with Gasteiger partial charge in [-0.1, -0.05) is 54.3 Å². The van der Waals surface area contributed by atoms with E-state index in [1.807, 2.05) is 37.3 Å². The van der Waals surface area contributed by atoms with E-state index in [4.69, 9.17) is 23.8 Å². The smallest absolute Gasteiger partial charge is 0.269 e. The van der Waals surface area contributed by atoms with E-state index in [-0.39, 0.29) is 11.5 Å². The van der Waals surface area contributed by atoms with E-state index in [0.717, 1.165) is 28.6 Å². The minimum atomic E-state index is -0.151. The average Bonchev–Trinajstić information content (AvgIpc) is 3.34. The minimum Gasteiger partial charge on any atom is -0.335 e. The Bertz CT molecular complexity index is 1290. The van der Waals surface area contributed by atoms with Crippen LogP contribution in [0.5, 0.6) is 0 Å². The van der Waals surface area contributed by atoms with Gasteiger partial charge in [-0.15, -0.1) is 11.3 Å². The zero-order chi connectivity index (χ0) is 22.3. The van der Waals surface area contributed by atoms with Gasteiger partial charge in [-0.05, 0) is 43.7 Å². The van der Waals surface area contributed by atoms with Gasteiger partial charge in [-0.25, -0.2) is 0 Å². The highest BCUT2D eigenvalue weighted by Crippen LogP contribution is 2.46. The van der Waals surface area contributed by atoms with Crippen molar-refractivity contribution >= 4 is 85.6 Å². The summed E-state index contributed by atoms with van der Waals surface area (Å²) in [5, 5.41) is 1.74. The van der Waals surface area contributed by atoms with Gasteiger partial charge in [0.25, 0.3) is 11.5 Å². The number of nitrogens with zero attached hydrogens (tertiary/aromatic N) is 3. The number of benzene rings is 1. The fourth-order valence-corrected chi connectivity index (χ4v) is 7.05. The van der Waals surface area contributed by atoms with E-state index >= 15 is 0 Å². The van der Waals surface area contributed by atoms with Gasteiger partial charge < -0.3 is 4.90 Å². The Labute approximate surface area is 203 Å². The van der Waals surface area contributed by atoms with Crippen LogP contribution in [0.25, 0.3) is 11.0 Å². The SMILES string of the molecule is CCCn1c(=O)/c(=C\C=C2/Sc3ccc(Cl)cc3N2CC)s/c1=C1\SC(=S)N(C)C1=O. The number of rotatable bonds is 4. The van der Waals surface area contributed by atoms with Crippen LogP contribution >= 0.6 is 58.7 Å². The second-order valence-corrected chi connectivity index (χ2v) is 11.1. The first-order valence-corrected chi connectivity index (χ1v) is 13.0. The molecule has 0 atom stereocenters. The number of halogens is 1. The summed E-state index contributed by atoms with van der Waals surface area (Å²) < 4.78 is 3.49. The molecule has 1 amide bonds. The summed E-state index contributed by atoms with van der Waals surface area (Å²) in [6.45, 7) is 5.45. The van der Waals surface area contributed by atoms with Crippen LogP contribution in [0.1, 0.15) is 20.3 Å². The topological polar surface area (TPSA) is 45.6 Å². The number of thiocarbonyl (C=S) groups is 1. The summed E-state index contributed by atoms with van der Waals surface area (Å²) in [7, 11) is 1.67. The summed E-state index contributed by atoms with van der Waals surface area (Å²) in [5.41, 5.74) is 1.00. The van der Waals surface area contributed by atoms with Crippen LogP contribution in [0.4, 0.5) is 5.69 Å². The number of aromatic nitrogens is 1. The van der Waals surface area contributed by atoms with Crippen molar-refractivity contribution in [2.45, 2.75) is 31.7 Å². The molecule has 0 unspecified atom stereocenters. The number of thiazole rings is 1. The van der Waals surface area contributed by atoms with E-state index in [1.54, 1.807) is 23.4 Å². The average molecular weight is 510 g/mol. The highest BCUT2D eigenvalue weighted by molar-refractivity contribution is 8.30. The molecule has 1 aromatic carbocycles. The third-order valence-electron chi connectivity index (χ3n) is 4.90. The van der Waals surface area contributed by atoms with Gasteiger partial charge in [0.1, 0.15) is 13.9 Å². The first-order chi connectivity index (χ1) is 14.8. The van der Waals surface area contributed by atoms with Crippen LogP contribution in [0.15, 0.2) is 39.0 Å². The van der Waals surface area contributed by atoms with Crippen molar-refractivity contribution in [3.63, 3.8) is 0 Å². The molecule has 162 valence electrons. The molecule has 1 saturated heterocycles. The maximum atomic E-state index is 13.1. The second-order valence-electron chi connectivity index (χ2n) is 6.92. The first-order valence-electron chi connectivity index (χ1n) is 9.76. The van der Waals surface area contributed by atoms with Crippen molar-refractivity contribution < 1.29 is 4.79 Å². The van der Waals surface area contributed by atoms with E-state index in [9.17, 15) is 9.59 Å². The maximum absolute atomic E-state index is 13.1. The molecule has 0 spiro atoms. The molecule has 3 heterocycles. The number of amides is 1. The number of hydrogen-bond donors (Lipinski definition) is 0. The summed E-state index contributed by atoms with van der Waals surface area (Å²) in [5.74, 6) is -0.151. The number of fused-ring (bicyclic) bond motifs is 1. The minimum absolute atomic E-state index is 0.0772. The number of thioether (sulfide) groups is 2. The molecule has 0 bridgehead atoms. The highest BCUT2D eigenvalue weighted by atomic mass is 35.5. The van der Waals surface area contributed by atoms with Gasteiger partial charge in [0.05, 0.1) is 15.2 Å². The largest absolute Gasteiger partial charge is 0.335 e. The van der Waals surface area contributed by atoms with Crippen LogP contribution in [0, 0.1) is 0 Å². The quantitative estimate of drug-likeness (QED) is 0.584. The Hall–Kier alpha value is -1.52. The normalized spacial score (nSPS) is 19.9. The molecule has 5 nitrogen and oxygen atoms in total. The van der Waals surface area contributed by atoms with Crippen molar-refractivity contribution in [2.24, 2.45) is 0 Å². The van der Waals surface area contributed by atoms with E-state index in [2.05, 4.69) is 11.8 Å². The Balaban J connectivity index is 1.82. The molecule has 0 N–H and O–H groups in total. The van der Waals surface area contributed by atoms with Crippen LogP contribution in [-0.2, 0) is 11.3 Å². The van der Waals surface area contributed by atoms with Crippen molar-refractivity contribution in [2.75, 3.05) is 18.5 Å². The molecule has 2 aliphatic heterocycles. The number of hydrogen-bond acceptors (Lipinski definition) is 7. The summed E-state index contributed by atoms with van der Waals surface area (Å²) >= 11 is 15.7. The maximum Gasteiger partial charge on any atom is 0.269 e. The number of carbonyl (C=O) groups is 1. The second kappa shape index (κ2) is 9.15. The van der Waals surface area contributed by atoms with Crippen molar-refractivity contribution in [3.8, 4) is 0 Å². The Morgan fingerprint density at radius 3 is 2.58 bits per heavy atom. The molecule has 0 aliphatic carbocycles. The number of allylic oxidation sites excluding steroid dienone is 1. The van der Waals surface area contributed by atoms with E-state index in [0.29, 0.717) is 30.0 Å². The molecular weight excluding hydrogens is 490 g/mol.